The van der Waals surface area contributed by atoms with Gasteiger partial charge in [-0.2, -0.15) is 5.26 Å². The second-order valence-electron chi connectivity index (χ2n) is 6.76. The van der Waals surface area contributed by atoms with Crippen molar-refractivity contribution in [2.75, 3.05) is 6.54 Å². The van der Waals surface area contributed by atoms with E-state index in [1.807, 2.05) is 33.8 Å². The number of aryl methyl sites for hydroxylation is 1. The Morgan fingerprint density at radius 2 is 2.22 bits per heavy atom. The van der Waals surface area contributed by atoms with Crippen LogP contribution in [0, 0.1) is 18.3 Å². The topological polar surface area (TPSA) is 87.9 Å². The fraction of sp³-hybridized carbons (Fsp3) is 0.444. The van der Waals surface area contributed by atoms with Crippen LogP contribution in [-0.4, -0.2) is 28.2 Å². The number of nitrogens with one attached hydrogen (secondary N) is 1. The summed E-state index contributed by atoms with van der Waals surface area (Å²) in [6.45, 7) is 7.74. The first-order valence-corrected chi connectivity index (χ1v) is 10.4. The van der Waals surface area contributed by atoms with Crippen LogP contribution in [0.25, 0.3) is 0 Å². The van der Waals surface area contributed by atoms with Crippen LogP contribution in [0.2, 0.25) is 5.15 Å². The Morgan fingerprint density at radius 3 is 2.81 bits per heavy atom. The lowest BCUT2D eigenvalue weighted by molar-refractivity contribution is 0.0527. The molecule has 1 amide bonds. The molecule has 0 aliphatic carbocycles. The molecule has 0 fully saturated rings. The van der Waals surface area contributed by atoms with Gasteiger partial charge in [-0.05, 0) is 40.2 Å². The molecule has 2 heterocycles. The number of pyridine rings is 1. The third-order valence-corrected chi connectivity index (χ3v) is 6.16. The Bertz CT molecular complexity index is 843. The van der Waals surface area contributed by atoms with E-state index in [0.717, 1.165) is 15.5 Å². The number of amides is 1. The van der Waals surface area contributed by atoms with Crippen LogP contribution in [0.4, 0.5) is 4.79 Å². The lowest BCUT2D eigenvalue weighted by atomic mass is 10.2. The third-order valence-electron chi connectivity index (χ3n) is 3.31. The summed E-state index contributed by atoms with van der Waals surface area (Å²) in [6.07, 6.45) is 1.72. The van der Waals surface area contributed by atoms with Crippen molar-refractivity contribution in [3.05, 3.63) is 39.1 Å². The maximum absolute atomic E-state index is 11.9. The molecular weight excluding hydrogens is 404 g/mol. The molecule has 2 rings (SSSR count). The molecule has 1 atom stereocenters. The minimum absolute atomic E-state index is 0.0613. The van der Waals surface area contributed by atoms with Gasteiger partial charge in [0.2, 0.25) is 0 Å². The monoisotopic (exact) mass is 424 g/mol. The number of alkyl carbamates (subject to hydrolysis) is 1. The lowest BCUT2D eigenvalue weighted by Crippen LogP contribution is -2.33. The van der Waals surface area contributed by atoms with E-state index in [2.05, 4.69) is 21.4 Å². The van der Waals surface area contributed by atoms with Crippen molar-refractivity contribution < 1.29 is 9.53 Å². The molecule has 0 saturated carbocycles. The highest BCUT2D eigenvalue weighted by Gasteiger charge is 2.22. The van der Waals surface area contributed by atoms with E-state index in [1.165, 1.54) is 23.1 Å². The Morgan fingerprint density at radius 1 is 1.48 bits per heavy atom. The first kappa shape index (κ1) is 21.5. The number of rotatable bonds is 6. The summed E-state index contributed by atoms with van der Waals surface area (Å²) in [4.78, 5) is 21.9. The van der Waals surface area contributed by atoms with Crippen LogP contribution < -0.4 is 5.32 Å². The molecule has 2 aromatic heterocycles. The number of aromatic nitrogens is 2. The number of thiazole rings is 1. The van der Waals surface area contributed by atoms with Crippen molar-refractivity contribution in [3.63, 3.8) is 0 Å². The van der Waals surface area contributed by atoms with E-state index >= 15 is 0 Å². The number of carbonyl (C=O) groups is 1. The van der Waals surface area contributed by atoms with Gasteiger partial charge in [0.05, 0.1) is 16.0 Å². The van der Waals surface area contributed by atoms with Gasteiger partial charge in [0.1, 0.15) is 16.8 Å². The zero-order valence-electron chi connectivity index (χ0n) is 15.6. The number of nitriles is 1. The molecule has 0 spiro atoms. The van der Waals surface area contributed by atoms with E-state index in [9.17, 15) is 10.1 Å². The molecule has 6 nitrogen and oxygen atoms in total. The summed E-state index contributed by atoms with van der Waals surface area (Å²) >= 11 is 9.21. The predicted molar refractivity (Wildman–Crippen MR) is 108 cm³/mol. The van der Waals surface area contributed by atoms with Crippen LogP contribution in [0.3, 0.4) is 0 Å². The van der Waals surface area contributed by atoms with Gasteiger partial charge in [0.15, 0.2) is 0 Å². The maximum atomic E-state index is 11.9. The number of hydrogen-bond donors (Lipinski definition) is 1. The highest BCUT2D eigenvalue weighted by atomic mass is 35.5. The zero-order valence-corrected chi connectivity index (χ0v) is 18.0. The molecule has 0 aliphatic heterocycles. The molecule has 1 N–H and O–H groups in total. The molecule has 1 unspecified atom stereocenters. The van der Waals surface area contributed by atoms with Crippen LogP contribution >= 0.6 is 34.7 Å². The molecule has 0 bridgehead atoms. The summed E-state index contributed by atoms with van der Waals surface area (Å²) in [5, 5.41) is 12.5. The van der Waals surface area contributed by atoms with E-state index in [4.69, 9.17) is 16.3 Å². The smallest absolute Gasteiger partial charge is 0.407 e. The van der Waals surface area contributed by atoms with Crippen molar-refractivity contribution in [1.29, 1.82) is 5.26 Å². The lowest BCUT2D eigenvalue weighted by Gasteiger charge is -2.21. The maximum Gasteiger partial charge on any atom is 0.407 e. The predicted octanol–water partition coefficient (Wildman–Crippen LogP) is 5.12. The quantitative estimate of drug-likeness (QED) is 0.647. The summed E-state index contributed by atoms with van der Waals surface area (Å²) in [6, 6.07) is 4.05. The second-order valence-corrected chi connectivity index (χ2v) is 9.25. The highest BCUT2D eigenvalue weighted by Crippen LogP contribution is 2.43. The van der Waals surface area contributed by atoms with Gasteiger partial charge in [-0.1, -0.05) is 11.6 Å². The van der Waals surface area contributed by atoms with E-state index < -0.39 is 11.7 Å². The van der Waals surface area contributed by atoms with Crippen LogP contribution in [0.1, 0.15) is 48.6 Å². The number of thioether (sulfide) groups is 1. The molecule has 0 aliphatic rings. The van der Waals surface area contributed by atoms with Gasteiger partial charge < -0.3 is 10.1 Å². The third kappa shape index (κ3) is 6.69. The van der Waals surface area contributed by atoms with Gasteiger partial charge in [-0.15, -0.1) is 23.1 Å². The molecule has 9 heteroatoms. The van der Waals surface area contributed by atoms with Crippen molar-refractivity contribution in [1.82, 2.24) is 15.3 Å². The summed E-state index contributed by atoms with van der Waals surface area (Å²) in [5.74, 6) is 0. The number of halogens is 1. The first-order valence-electron chi connectivity index (χ1n) is 8.28. The van der Waals surface area contributed by atoms with Crippen molar-refractivity contribution >= 4 is 40.8 Å². The molecule has 0 saturated heterocycles. The summed E-state index contributed by atoms with van der Waals surface area (Å²) < 4.78 is 5.26. The normalized spacial score (nSPS) is 12.3. The minimum Gasteiger partial charge on any atom is -0.444 e. The number of hydrogen-bond acceptors (Lipinski definition) is 7. The average molecular weight is 425 g/mol. The van der Waals surface area contributed by atoms with Gasteiger partial charge in [-0.25, -0.2) is 9.78 Å². The number of nitrogens with zero attached hydrogens (tertiary/aromatic N) is 3. The fourth-order valence-corrected chi connectivity index (χ4v) is 4.85. The Balaban J connectivity index is 2.12. The van der Waals surface area contributed by atoms with E-state index in [1.54, 1.807) is 11.7 Å². The number of ether oxygens (including phenoxy) is 1. The SMILES string of the molecule is Cc1cc(SC(CCNC(=O)OC(C)(C)C)c2scnc2Cl)c(C#N)cn1. The Hall–Kier alpha value is -1.82. The van der Waals surface area contributed by atoms with Crippen molar-refractivity contribution in [2.45, 2.75) is 49.9 Å². The van der Waals surface area contributed by atoms with Gasteiger partial charge in [0.25, 0.3) is 0 Å². The zero-order chi connectivity index (χ0) is 20.0. The van der Waals surface area contributed by atoms with Crippen LogP contribution in [-0.2, 0) is 4.74 Å². The molecule has 0 radical (unpaired) electrons. The van der Waals surface area contributed by atoms with E-state index in [0.29, 0.717) is 23.7 Å². The molecular formula is C18H21ClN4O2S2. The summed E-state index contributed by atoms with van der Waals surface area (Å²) in [7, 11) is 0. The van der Waals surface area contributed by atoms with Gasteiger partial charge in [-0.3, -0.25) is 4.98 Å². The largest absolute Gasteiger partial charge is 0.444 e. The van der Waals surface area contributed by atoms with Crippen LogP contribution in [0.5, 0.6) is 0 Å². The minimum atomic E-state index is -0.546. The standard InChI is InChI=1S/C18H21ClN4O2S2/c1-11-7-14(12(8-20)9-22-11)27-13(15-16(19)23-10-26-15)5-6-21-17(24)25-18(2,3)4/h7,9-10,13H,5-6H2,1-4H3,(H,21,24). The van der Waals surface area contributed by atoms with Crippen LogP contribution in [0.15, 0.2) is 22.7 Å². The molecule has 2 aromatic rings. The summed E-state index contributed by atoms with van der Waals surface area (Å²) in [5.41, 5.74) is 2.49. The second kappa shape index (κ2) is 9.40. The van der Waals surface area contributed by atoms with Crippen molar-refractivity contribution in [3.8, 4) is 6.07 Å². The van der Waals surface area contributed by atoms with Crippen molar-refractivity contribution in [2.24, 2.45) is 0 Å². The highest BCUT2D eigenvalue weighted by molar-refractivity contribution is 7.99. The van der Waals surface area contributed by atoms with Gasteiger partial charge in [0, 0.05) is 28.6 Å². The Labute approximate surface area is 172 Å². The van der Waals surface area contributed by atoms with E-state index in [-0.39, 0.29) is 5.25 Å². The first-order chi connectivity index (χ1) is 12.7. The number of carbonyl (C=O) groups excluding carboxylic acids is 1. The molecule has 27 heavy (non-hydrogen) atoms. The molecule has 0 aromatic carbocycles. The average Bonchev–Trinajstić information content (AvgIpc) is 2.98. The fourth-order valence-electron chi connectivity index (χ4n) is 2.18. The molecule has 144 valence electrons. The Kier molecular flexibility index (Phi) is 7.48. The van der Waals surface area contributed by atoms with Gasteiger partial charge >= 0.3 is 6.09 Å².